The first-order valence-electron chi connectivity index (χ1n) is 10.7. The maximum atomic E-state index is 13.0. The van der Waals surface area contributed by atoms with Gasteiger partial charge in [-0.1, -0.05) is 12.1 Å². The number of carbonyl (C=O) groups excluding carboxylic acids is 2. The second kappa shape index (κ2) is 11.3. The summed E-state index contributed by atoms with van der Waals surface area (Å²) >= 11 is 0. The topological polar surface area (TPSA) is 70.7 Å². The van der Waals surface area contributed by atoms with E-state index in [1.807, 2.05) is 24.3 Å². The SMILES string of the molecule is COc1cccc(CCC(=O)NCCC2CCN(C(=O)Nc3ccc(F)cc3)CC2)c1. The third kappa shape index (κ3) is 7.27. The minimum atomic E-state index is -0.328. The molecule has 0 unspecified atom stereocenters. The van der Waals surface area contributed by atoms with Crippen molar-refractivity contribution in [1.29, 1.82) is 0 Å². The second-order valence-electron chi connectivity index (χ2n) is 7.86. The number of halogens is 1. The maximum absolute atomic E-state index is 13.0. The van der Waals surface area contributed by atoms with Crippen molar-refractivity contribution in [1.82, 2.24) is 10.2 Å². The highest BCUT2D eigenvalue weighted by Gasteiger charge is 2.22. The van der Waals surface area contributed by atoms with Gasteiger partial charge in [-0.05, 0) is 73.6 Å². The lowest BCUT2D eigenvalue weighted by Gasteiger charge is -2.32. The number of hydrogen-bond acceptors (Lipinski definition) is 3. The van der Waals surface area contributed by atoms with Crippen LogP contribution in [0.4, 0.5) is 14.9 Å². The van der Waals surface area contributed by atoms with E-state index in [-0.39, 0.29) is 17.8 Å². The molecule has 0 bridgehead atoms. The minimum absolute atomic E-state index is 0.0546. The number of amides is 3. The van der Waals surface area contributed by atoms with Crippen LogP contribution in [0.5, 0.6) is 5.75 Å². The van der Waals surface area contributed by atoms with Crippen molar-refractivity contribution in [3.8, 4) is 5.75 Å². The first-order chi connectivity index (χ1) is 15.0. The van der Waals surface area contributed by atoms with Gasteiger partial charge in [0.25, 0.3) is 0 Å². The molecule has 0 spiro atoms. The van der Waals surface area contributed by atoms with E-state index in [0.717, 1.165) is 30.6 Å². The molecule has 0 radical (unpaired) electrons. The Morgan fingerprint density at radius 1 is 1.13 bits per heavy atom. The second-order valence-corrected chi connectivity index (χ2v) is 7.86. The van der Waals surface area contributed by atoms with Gasteiger partial charge in [-0.15, -0.1) is 0 Å². The predicted octanol–water partition coefficient (Wildman–Crippen LogP) is 4.22. The van der Waals surface area contributed by atoms with Gasteiger partial charge in [0.2, 0.25) is 5.91 Å². The van der Waals surface area contributed by atoms with Crippen LogP contribution in [-0.4, -0.2) is 43.6 Å². The summed E-state index contributed by atoms with van der Waals surface area (Å²) in [4.78, 5) is 26.3. The van der Waals surface area contributed by atoms with Crippen molar-refractivity contribution in [3.05, 3.63) is 59.9 Å². The summed E-state index contributed by atoms with van der Waals surface area (Å²) in [6.45, 7) is 2.02. The molecular weight excluding hydrogens is 397 g/mol. The molecule has 2 aromatic carbocycles. The first kappa shape index (κ1) is 22.6. The Balaban J connectivity index is 1.30. The molecular formula is C24H30FN3O3. The summed E-state index contributed by atoms with van der Waals surface area (Å²) in [6, 6.07) is 13.4. The molecule has 6 nitrogen and oxygen atoms in total. The van der Waals surface area contributed by atoms with E-state index in [1.54, 1.807) is 24.1 Å². The van der Waals surface area contributed by atoms with E-state index in [1.165, 1.54) is 12.1 Å². The van der Waals surface area contributed by atoms with Gasteiger partial charge in [0.05, 0.1) is 7.11 Å². The number of ether oxygens (including phenoxy) is 1. The lowest BCUT2D eigenvalue weighted by molar-refractivity contribution is -0.121. The summed E-state index contributed by atoms with van der Waals surface area (Å²) in [6.07, 6.45) is 3.88. The first-order valence-corrected chi connectivity index (χ1v) is 10.7. The molecule has 7 heteroatoms. The summed E-state index contributed by atoms with van der Waals surface area (Å²) in [7, 11) is 1.63. The number of likely N-dealkylation sites (tertiary alicyclic amines) is 1. The summed E-state index contributed by atoms with van der Waals surface area (Å²) in [5.41, 5.74) is 1.67. The van der Waals surface area contributed by atoms with Crippen LogP contribution in [0.3, 0.4) is 0 Å². The number of methoxy groups -OCH3 is 1. The number of benzene rings is 2. The highest BCUT2D eigenvalue weighted by Crippen LogP contribution is 2.21. The highest BCUT2D eigenvalue weighted by atomic mass is 19.1. The van der Waals surface area contributed by atoms with Gasteiger partial charge in [-0.2, -0.15) is 0 Å². The number of hydrogen-bond donors (Lipinski definition) is 2. The number of carbonyl (C=O) groups is 2. The Morgan fingerprint density at radius 3 is 2.58 bits per heavy atom. The van der Waals surface area contributed by atoms with Crippen molar-refractivity contribution in [3.63, 3.8) is 0 Å². The zero-order valence-corrected chi connectivity index (χ0v) is 17.9. The molecule has 0 atom stereocenters. The van der Waals surface area contributed by atoms with Crippen LogP contribution < -0.4 is 15.4 Å². The van der Waals surface area contributed by atoms with Gasteiger partial charge in [-0.3, -0.25) is 4.79 Å². The third-order valence-corrected chi connectivity index (χ3v) is 5.65. The fourth-order valence-corrected chi connectivity index (χ4v) is 3.75. The summed E-state index contributed by atoms with van der Waals surface area (Å²) < 4.78 is 18.2. The van der Waals surface area contributed by atoms with Gasteiger partial charge >= 0.3 is 6.03 Å². The largest absolute Gasteiger partial charge is 0.497 e. The van der Waals surface area contributed by atoms with Gasteiger partial charge in [-0.25, -0.2) is 9.18 Å². The van der Waals surface area contributed by atoms with Crippen LogP contribution >= 0.6 is 0 Å². The van der Waals surface area contributed by atoms with Crippen LogP contribution in [-0.2, 0) is 11.2 Å². The third-order valence-electron chi connectivity index (χ3n) is 5.65. The highest BCUT2D eigenvalue weighted by molar-refractivity contribution is 5.89. The van der Waals surface area contributed by atoms with E-state index in [4.69, 9.17) is 4.74 Å². The molecule has 1 heterocycles. The molecule has 0 saturated carbocycles. The minimum Gasteiger partial charge on any atom is -0.497 e. The molecule has 0 aromatic heterocycles. The normalized spacial score (nSPS) is 14.2. The number of rotatable bonds is 8. The van der Waals surface area contributed by atoms with Crippen LogP contribution in [0.1, 0.15) is 31.2 Å². The Hall–Kier alpha value is -3.09. The van der Waals surface area contributed by atoms with Gasteiger partial charge < -0.3 is 20.3 Å². The molecule has 166 valence electrons. The van der Waals surface area contributed by atoms with Crippen LogP contribution in [0.15, 0.2) is 48.5 Å². The molecule has 2 N–H and O–H groups in total. The lowest BCUT2D eigenvalue weighted by atomic mass is 9.93. The fraction of sp³-hybridized carbons (Fsp3) is 0.417. The Bertz CT molecular complexity index is 865. The fourth-order valence-electron chi connectivity index (χ4n) is 3.75. The molecule has 1 aliphatic rings. The van der Waals surface area contributed by atoms with E-state index in [2.05, 4.69) is 10.6 Å². The molecule has 31 heavy (non-hydrogen) atoms. The quantitative estimate of drug-likeness (QED) is 0.663. The summed E-state index contributed by atoms with van der Waals surface area (Å²) in [5, 5.41) is 5.81. The molecule has 1 fully saturated rings. The monoisotopic (exact) mass is 427 g/mol. The van der Waals surface area contributed by atoms with Crippen LogP contribution in [0, 0.1) is 11.7 Å². The van der Waals surface area contributed by atoms with Gasteiger partial charge in [0.1, 0.15) is 11.6 Å². The predicted molar refractivity (Wildman–Crippen MR) is 119 cm³/mol. The number of nitrogens with zero attached hydrogens (tertiary/aromatic N) is 1. The van der Waals surface area contributed by atoms with Crippen molar-refractivity contribution in [2.45, 2.75) is 32.1 Å². The van der Waals surface area contributed by atoms with E-state index >= 15 is 0 Å². The number of anilines is 1. The van der Waals surface area contributed by atoms with Crippen molar-refractivity contribution < 1.29 is 18.7 Å². The maximum Gasteiger partial charge on any atom is 0.321 e. The van der Waals surface area contributed by atoms with E-state index in [9.17, 15) is 14.0 Å². The Morgan fingerprint density at radius 2 is 1.87 bits per heavy atom. The average molecular weight is 428 g/mol. The molecule has 3 rings (SSSR count). The van der Waals surface area contributed by atoms with Crippen LogP contribution in [0.2, 0.25) is 0 Å². The zero-order valence-electron chi connectivity index (χ0n) is 17.9. The smallest absolute Gasteiger partial charge is 0.321 e. The van der Waals surface area contributed by atoms with E-state index < -0.39 is 0 Å². The molecule has 0 aliphatic carbocycles. The Labute approximate surface area is 182 Å². The number of nitrogens with one attached hydrogen (secondary N) is 2. The van der Waals surface area contributed by atoms with Crippen LogP contribution in [0.25, 0.3) is 0 Å². The van der Waals surface area contributed by atoms with Gasteiger partial charge in [0, 0.05) is 31.7 Å². The number of urea groups is 1. The molecule has 3 amide bonds. The van der Waals surface area contributed by atoms with Crippen molar-refractivity contribution >= 4 is 17.6 Å². The Kier molecular flexibility index (Phi) is 8.27. The van der Waals surface area contributed by atoms with Gasteiger partial charge in [0.15, 0.2) is 0 Å². The van der Waals surface area contributed by atoms with Crippen molar-refractivity contribution in [2.75, 3.05) is 32.1 Å². The van der Waals surface area contributed by atoms with E-state index in [0.29, 0.717) is 44.1 Å². The standard InChI is InChI=1S/C24H30FN3O3/c1-31-22-4-2-3-19(17-22)5-10-23(29)26-14-11-18-12-15-28(16-13-18)24(30)27-21-8-6-20(25)7-9-21/h2-4,6-9,17-18H,5,10-16H2,1H3,(H,26,29)(H,27,30). The lowest BCUT2D eigenvalue weighted by Crippen LogP contribution is -2.41. The molecule has 1 aliphatic heterocycles. The summed E-state index contributed by atoms with van der Waals surface area (Å²) in [5.74, 6) is 1.02. The molecule has 2 aromatic rings. The average Bonchev–Trinajstić information content (AvgIpc) is 2.80. The number of piperidine rings is 1. The zero-order chi connectivity index (χ0) is 22.1. The number of aryl methyl sites for hydroxylation is 1. The van der Waals surface area contributed by atoms with Crippen molar-refractivity contribution in [2.24, 2.45) is 5.92 Å². The molecule has 1 saturated heterocycles.